The number of piperidine rings is 1. The Labute approximate surface area is 257 Å². The summed E-state index contributed by atoms with van der Waals surface area (Å²) in [7, 11) is 0. The fourth-order valence-corrected chi connectivity index (χ4v) is 11.4. The summed E-state index contributed by atoms with van der Waals surface area (Å²) < 4.78 is 5.84. The van der Waals surface area contributed by atoms with E-state index in [1.807, 2.05) is 29.2 Å². The zero-order chi connectivity index (χ0) is 30.2. The number of carboxylic acids is 1. The standard InChI is InChI=1S/C31H35N3O7S2/c1-14(2)24(30(38)39)34-28(36)22-17-12-18(23(22)29(34)37)25-21(17)20(26-27(42-25)32-31(40)43-26)15-6-8-16(9-7-15)41-13-19(35)33-10-4-3-5-11-33/h6-9,14,17-18,20-25H,3-5,10-13H2,1-2H3,(H,32,40)(H,38,39)/t17?,18?,20-,21?,22?,23?,24?,25?/m1/s1. The molecule has 2 saturated heterocycles. The van der Waals surface area contributed by atoms with Crippen LogP contribution in [0.15, 0.2) is 34.1 Å². The van der Waals surface area contributed by atoms with E-state index >= 15 is 0 Å². The van der Waals surface area contributed by atoms with Gasteiger partial charge in [-0.2, -0.15) is 0 Å². The zero-order valence-electron chi connectivity index (χ0n) is 24.1. The number of carbonyl (C=O) groups excluding carboxylic acids is 3. The zero-order valence-corrected chi connectivity index (χ0v) is 25.7. The van der Waals surface area contributed by atoms with Crippen molar-refractivity contribution in [2.45, 2.75) is 61.8 Å². The maximum Gasteiger partial charge on any atom is 0.327 e. The topological polar surface area (TPSA) is 137 Å². The van der Waals surface area contributed by atoms with Gasteiger partial charge in [0, 0.05) is 29.1 Å². The first-order valence-electron chi connectivity index (χ1n) is 15.2. The Morgan fingerprint density at radius 3 is 2.35 bits per heavy atom. The highest BCUT2D eigenvalue weighted by Gasteiger charge is 2.70. The third-order valence-electron chi connectivity index (χ3n) is 10.2. The van der Waals surface area contributed by atoms with Gasteiger partial charge in [-0.15, -0.1) is 11.8 Å². The molecule has 2 saturated carbocycles. The molecular formula is C31H35N3O7S2. The monoisotopic (exact) mass is 625 g/mol. The Bertz CT molecular complexity index is 1530. The Balaban J connectivity index is 1.17. The minimum absolute atomic E-state index is 0.0124. The number of nitrogens with zero attached hydrogens (tertiary/aromatic N) is 2. The number of aromatic nitrogens is 1. The number of carboxylic acid groups (broad SMARTS) is 1. The Morgan fingerprint density at radius 2 is 1.70 bits per heavy atom. The molecule has 2 N–H and O–H groups in total. The van der Waals surface area contributed by atoms with Crippen LogP contribution in [0.3, 0.4) is 0 Å². The maximum absolute atomic E-state index is 13.8. The molecule has 3 aliphatic heterocycles. The van der Waals surface area contributed by atoms with Crippen LogP contribution in [0.5, 0.6) is 5.75 Å². The van der Waals surface area contributed by atoms with Crippen molar-refractivity contribution in [2.24, 2.45) is 35.5 Å². The van der Waals surface area contributed by atoms with Crippen molar-refractivity contribution in [2.75, 3.05) is 19.7 Å². The van der Waals surface area contributed by atoms with E-state index in [2.05, 4.69) is 4.98 Å². The molecule has 0 spiro atoms. The lowest BCUT2D eigenvalue weighted by Crippen LogP contribution is -2.49. The number of hydrogen-bond acceptors (Lipinski definition) is 8. The van der Waals surface area contributed by atoms with E-state index in [-0.39, 0.29) is 58.1 Å². The van der Waals surface area contributed by atoms with Gasteiger partial charge in [-0.1, -0.05) is 37.3 Å². The summed E-state index contributed by atoms with van der Waals surface area (Å²) in [6.07, 6.45) is 3.93. The Kier molecular flexibility index (Phi) is 7.19. The second-order valence-corrected chi connectivity index (χ2v) is 15.0. The molecule has 2 bridgehead atoms. The molecule has 10 nitrogen and oxygen atoms in total. The van der Waals surface area contributed by atoms with E-state index in [1.54, 1.807) is 25.6 Å². The molecular weight excluding hydrogens is 590 g/mol. The predicted octanol–water partition coefficient (Wildman–Crippen LogP) is 3.41. The van der Waals surface area contributed by atoms with Crippen molar-refractivity contribution >= 4 is 46.8 Å². The second-order valence-electron chi connectivity index (χ2n) is 12.8. The van der Waals surface area contributed by atoms with E-state index in [0.29, 0.717) is 5.75 Å². The number of aromatic amines is 1. The van der Waals surface area contributed by atoms with Crippen LogP contribution in [-0.4, -0.2) is 74.6 Å². The van der Waals surface area contributed by atoms with Gasteiger partial charge in [0.25, 0.3) is 5.91 Å². The van der Waals surface area contributed by atoms with Gasteiger partial charge in [0.1, 0.15) is 11.8 Å². The summed E-state index contributed by atoms with van der Waals surface area (Å²) in [5.41, 5.74) is 0.991. The number of imide groups is 1. The Hall–Kier alpha value is -3.12. The van der Waals surface area contributed by atoms with E-state index in [1.165, 1.54) is 11.3 Å². The molecule has 4 fully saturated rings. The highest BCUT2D eigenvalue weighted by Crippen LogP contribution is 2.68. The van der Waals surface area contributed by atoms with Crippen LogP contribution in [0.25, 0.3) is 0 Å². The number of thioether (sulfide) groups is 1. The van der Waals surface area contributed by atoms with Gasteiger partial charge in [-0.3, -0.25) is 24.1 Å². The fraction of sp³-hybridized carbons (Fsp3) is 0.581. The summed E-state index contributed by atoms with van der Waals surface area (Å²) in [6.45, 7) is 4.98. The van der Waals surface area contributed by atoms with Gasteiger partial charge in [-0.25, -0.2) is 4.79 Å². The molecule has 3 amide bonds. The second kappa shape index (κ2) is 10.8. The summed E-state index contributed by atoms with van der Waals surface area (Å²) in [6, 6.07) is 6.48. The lowest BCUT2D eigenvalue weighted by atomic mass is 9.68. The van der Waals surface area contributed by atoms with Crippen LogP contribution >= 0.6 is 23.1 Å². The lowest BCUT2D eigenvalue weighted by molar-refractivity contribution is -0.157. The summed E-state index contributed by atoms with van der Waals surface area (Å²) in [4.78, 5) is 71.5. The average Bonchev–Trinajstić information content (AvgIpc) is 3.72. The van der Waals surface area contributed by atoms with Crippen LogP contribution in [0, 0.1) is 35.5 Å². The highest BCUT2D eigenvalue weighted by atomic mass is 32.2. The normalized spacial score (nSPS) is 31.7. The van der Waals surface area contributed by atoms with Gasteiger partial charge in [0.15, 0.2) is 6.61 Å². The molecule has 4 heterocycles. The predicted molar refractivity (Wildman–Crippen MR) is 159 cm³/mol. The number of thiazole rings is 1. The van der Waals surface area contributed by atoms with Gasteiger partial charge >= 0.3 is 10.8 Å². The first-order valence-corrected chi connectivity index (χ1v) is 16.8. The van der Waals surface area contributed by atoms with Gasteiger partial charge in [0.05, 0.1) is 16.9 Å². The van der Waals surface area contributed by atoms with Crippen LogP contribution in [0.4, 0.5) is 0 Å². The average molecular weight is 626 g/mol. The molecule has 2 aromatic rings. The number of likely N-dealkylation sites (tertiary alicyclic amines) is 2. The number of H-pyrrole nitrogens is 1. The number of benzene rings is 1. The molecule has 7 unspecified atom stereocenters. The summed E-state index contributed by atoms with van der Waals surface area (Å²) >= 11 is 2.79. The van der Waals surface area contributed by atoms with Crippen molar-refractivity contribution in [1.82, 2.24) is 14.8 Å². The van der Waals surface area contributed by atoms with E-state index in [4.69, 9.17) is 4.74 Å². The van der Waals surface area contributed by atoms with Crippen molar-refractivity contribution in [3.63, 3.8) is 0 Å². The Morgan fingerprint density at radius 1 is 1.02 bits per heavy atom. The number of ether oxygens (including phenoxy) is 1. The molecule has 2 aliphatic carbocycles. The number of carbonyl (C=O) groups is 4. The lowest BCUT2D eigenvalue weighted by Gasteiger charge is -2.43. The molecule has 0 radical (unpaired) electrons. The van der Waals surface area contributed by atoms with Crippen LogP contribution in [0.1, 0.15) is 55.9 Å². The summed E-state index contributed by atoms with van der Waals surface area (Å²) in [5.74, 6) is -3.06. The molecule has 8 atom stereocenters. The van der Waals surface area contributed by atoms with E-state index in [0.717, 1.165) is 59.1 Å². The van der Waals surface area contributed by atoms with Crippen molar-refractivity contribution in [1.29, 1.82) is 0 Å². The number of nitrogens with one attached hydrogen (secondary N) is 1. The van der Waals surface area contributed by atoms with Crippen molar-refractivity contribution in [3.05, 3.63) is 44.4 Å². The quantitative estimate of drug-likeness (QED) is 0.447. The van der Waals surface area contributed by atoms with Crippen LogP contribution in [-0.2, 0) is 19.2 Å². The van der Waals surface area contributed by atoms with Gasteiger partial charge in [-0.05, 0) is 67.1 Å². The number of aliphatic carboxylic acids is 1. The molecule has 1 aromatic heterocycles. The van der Waals surface area contributed by atoms with E-state index < -0.39 is 29.8 Å². The minimum Gasteiger partial charge on any atom is -0.484 e. The number of fused-ring (bicyclic) bond motifs is 9. The molecule has 5 aliphatic rings. The maximum atomic E-state index is 13.8. The van der Waals surface area contributed by atoms with Gasteiger partial charge < -0.3 is 19.7 Å². The third-order valence-corrected chi connectivity index (χ3v) is 12.8. The highest BCUT2D eigenvalue weighted by molar-refractivity contribution is 8.00. The fourth-order valence-electron chi connectivity index (χ4n) is 8.53. The first-order chi connectivity index (χ1) is 20.7. The summed E-state index contributed by atoms with van der Waals surface area (Å²) in [5, 5.41) is 10.7. The van der Waals surface area contributed by atoms with Crippen LogP contribution < -0.4 is 9.61 Å². The number of rotatable bonds is 7. The van der Waals surface area contributed by atoms with E-state index in [9.17, 15) is 29.1 Å². The minimum atomic E-state index is -1.18. The van der Waals surface area contributed by atoms with Gasteiger partial charge in [0.2, 0.25) is 11.8 Å². The third kappa shape index (κ3) is 4.54. The first kappa shape index (κ1) is 28.6. The smallest absolute Gasteiger partial charge is 0.327 e. The van der Waals surface area contributed by atoms with Crippen molar-refractivity contribution in [3.8, 4) is 5.75 Å². The number of amides is 3. The van der Waals surface area contributed by atoms with Crippen LogP contribution in [0.2, 0.25) is 0 Å². The molecule has 43 heavy (non-hydrogen) atoms. The molecule has 228 valence electrons. The largest absolute Gasteiger partial charge is 0.484 e. The molecule has 1 aromatic carbocycles. The number of hydrogen-bond donors (Lipinski definition) is 2. The SMILES string of the molecule is CC(C)C(C(=O)O)N1C(=O)C2C3CC(C2C1=O)C1C3Sc2[nH]c(=O)sc2[C@@H]1c1ccc(OCC(=O)N2CCCCC2)cc1. The molecule has 12 heteroatoms. The van der Waals surface area contributed by atoms with Crippen molar-refractivity contribution < 1.29 is 29.0 Å². The molecule has 7 rings (SSSR count).